The average Bonchev–Trinajstić information content (AvgIpc) is 2.92. The van der Waals surface area contributed by atoms with Crippen LogP contribution in [0.1, 0.15) is 19.4 Å². The molecule has 0 aliphatic heterocycles. The third-order valence-electron chi connectivity index (χ3n) is 3.13. The first-order valence-electron chi connectivity index (χ1n) is 7.33. The maximum atomic E-state index is 4.63. The van der Waals surface area contributed by atoms with E-state index in [0.717, 1.165) is 24.6 Å². The second-order valence-corrected chi connectivity index (χ2v) is 4.79. The molecule has 1 aromatic carbocycles. The Morgan fingerprint density at radius 1 is 1.18 bits per heavy atom. The molecule has 0 bridgehead atoms. The molecule has 0 saturated carbocycles. The van der Waals surface area contributed by atoms with E-state index in [9.17, 15) is 0 Å². The van der Waals surface area contributed by atoms with Gasteiger partial charge in [0.25, 0.3) is 0 Å². The minimum absolute atomic E-state index is 0. The van der Waals surface area contributed by atoms with Crippen molar-refractivity contribution in [2.24, 2.45) is 12.0 Å². The number of hydrogen-bond acceptors (Lipinski definition) is 2. The molecule has 2 aromatic rings. The van der Waals surface area contributed by atoms with Crippen LogP contribution in [0.15, 0.2) is 41.7 Å². The molecule has 0 radical (unpaired) electrons. The Balaban J connectivity index is 0.00000242. The fourth-order valence-electron chi connectivity index (χ4n) is 2.17. The molecule has 0 aliphatic carbocycles. The van der Waals surface area contributed by atoms with Crippen LogP contribution in [-0.4, -0.2) is 28.8 Å². The van der Waals surface area contributed by atoms with Crippen LogP contribution in [0.25, 0.3) is 11.1 Å². The van der Waals surface area contributed by atoms with Gasteiger partial charge in [0.05, 0.1) is 12.7 Å². The van der Waals surface area contributed by atoms with Gasteiger partial charge in [-0.2, -0.15) is 5.10 Å². The Labute approximate surface area is 149 Å². The quantitative estimate of drug-likeness (QED) is 0.451. The summed E-state index contributed by atoms with van der Waals surface area (Å²) in [5, 5.41) is 10.7. The first-order valence-corrected chi connectivity index (χ1v) is 7.33. The molecule has 1 aromatic heterocycles. The zero-order chi connectivity index (χ0) is 15.1. The summed E-state index contributed by atoms with van der Waals surface area (Å²) in [5.74, 6) is 0.848. The zero-order valence-electron chi connectivity index (χ0n) is 13.3. The van der Waals surface area contributed by atoms with Crippen LogP contribution in [0.3, 0.4) is 0 Å². The van der Waals surface area contributed by atoms with Gasteiger partial charge in [-0.25, -0.2) is 4.99 Å². The minimum atomic E-state index is 0. The molecule has 2 rings (SSSR count). The highest BCUT2D eigenvalue weighted by Gasteiger charge is 2.06. The fraction of sp³-hybridized carbons (Fsp3) is 0.375. The number of aryl methyl sites for hydroxylation is 1. The van der Waals surface area contributed by atoms with E-state index in [-0.39, 0.29) is 24.0 Å². The molecule has 0 saturated heterocycles. The lowest BCUT2D eigenvalue weighted by Gasteiger charge is -2.10. The Morgan fingerprint density at radius 2 is 1.86 bits per heavy atom. The topological polar surface area (TPSA) is 54.2 Å². The van der Waals surface area contributed by atoms with Crippen molar-refractivity contribution >= 4 is 29.9 Å². The molecule has 0 amide bonds. The Bertz CT molecular complexity index is 598. The van der Waals surface area contributed by atoms with Gasteiger partial charge >= 0.3 is 0 Å². The summed E-state index contributed by atoms with van der Waals surface area (Å²) in [6.45, 7) is 6.49. The maximum Gasteiger partial charge on any atom is 0.191 e. The number of nitrogens with zero attached hydrogens (tertiary/aromatic N) is 3. The van der Waals surface area contributed by atoms with Crippen molar-refractivity contribution < 1.29 is 0 Å². The number of nitrogens with one attached hydrogen (secondary N) is 2. The van der Waals surface area contributed by atoms with E-state index in [1.165, 1.54) is 11.1 Å². The normalized spacial score (nSPS) is 9.77. The number of aromatic nitrogens is 2. The minimum Gasteiger partial charge on any atom is -0.357 e. The Hall–Kier alpha value is -1.57. The van der Waals surface area contributed by atoms with Gasteiger partial charge in [0.1, 0.15) is 0 Å². The van der Waals surface area contributed by atoms with E-state index < -0.39 is 0 Å². The van der Waals surface area contributed by atoms with Crippen molar-refractivity contribution in [3.63, 3.8) is 0 Å². The molecule has 0 unspecified atom stereocenters. The van der Waals surface area contributed by atoms with Gasteiger partial charge in [-0.1, -0.05) is 24.3 Å². The standard InChI is InChI=1S/C16H23N5.HI/c1-4-17-16(18-5-2)19-10-13-8-6-7-9-15(13)14-11-20-21(3)12-14;/h6-9,11-12H,4-5,10H2,1-3H3,(H2,17,18,19);1H. The van der Waals surface area contributed by atoms with E-state index in [0.29, 0.717) is 6.54 Å². The molecule has 6 heteroatoms. The highest BCUT2D eigenvalue weighted by Crippen LogP contribution is 2.23. The molecule has 1 heterocycles. The lowest BCUT2D eigenvalue weighted by Crippen LogP contribution is -2.36. The van der Waals surface area contributed by atoms with Crippen LogP contribution in [0.4, 0.5) is 0 Å². The lowest BCUT2D eigenvalue weighted by atomic mass is 10.0. The second-order valence-electron chi connectivity index (χ2n) is 4.79. The van der Waals surface area contributed by atoms with Gasteiger partial charge in [0.2, 0.25) is 0 Å². The van der Waals surface area contributed by atoms with Crippen molar-refractivity contribution in [1.29, 1.82) is 0 Å². The number of benzene rings is 1. The smallest absolute Gasteiger partial charge is 0.191 e. The van der Waals surface area contributed by atoms with Crippen LogP contribution in [0.5, 0.6) is 0 Å². The van der Waals surface area contributed by atoms with E-state index in [1.54, 1.807) is 0 Å². The summed E-state index contributed by atoms with van der Waals surface area (Å²) in [6.07, 6.45) is 3.91. The van der Waals surface area contributed by atoms with Crippen LogP contribution >= 0.6 is 24.0 Å². The van der Waals surface area contributed by atoms with Gasteiger partial charge < -0.3 is 10.6 Å². The fourth-order valence-corrected chi connectivity index (χ4v) is 2.17. The maximum absolute atomic E-state index is 4.63. The molecule has 120 valence electrons. The van der Waals surface area contributed by atoms with Gasteiger partial charge in [-0.15, -0.1) is 24.0 Å². The summed E-state index contributed by atoms with van der Waals surface area (Å²) < 4.78 is 1.82. The number of hydrogen-bond donors (Lipinski definition) is 2. The number of guanidine groups is 1. The van der Waals surface area contributed by atoms with Crippen molar-refractivity contribution in [2.75, 3.05) is 13.1 Å². The Kier molecular flexibility index (Phi) is 7.94. The molecule has 22 heavy (non-hydrogen) atoms. The van der Waals surface area contributed by atoms with Crippen LogP contribution in [0, 0.1) is 0 Å². The largest absolute Gasteiger partial charge is 0.357 e. The predicted molar refractivity (Wildman–Crippen MR) is 103 cm³/mol. The summed E-state index contributed by atoms with van der Waals surface area (Å²) in [4.78, 5) is 4.63. The van der Waals surface area contributed by atoms with Crippen molar-refractivity contribution in [2.45, 2.75) is 20.4 Å². The first-order chi connectivity index (χ1) is 10.2. The van der Waals surface area contributed by atoms with E-state index in [2.05, 4.69) is 46.7 Å². The monoisotopic (exact) mass is 413 g/mol. The van der Waals surface area contributed by atoms with Gasteiger partial charge in [-0.3, -0.25) is 4.68 Å². The summed E-state index contributed by atoms with van der Waals surface area (Å²) >= 11 is 0. The Morgan fingerprint density at radius 3 is 2.45 bits per heavy atom. The SMILES string of the molecule is CCNC(=NCc1ccccc1-c1cnn(C)c1)NCC.I. The zero-order valence-corrected chi connectivity index (χ0v) is 15.7. The van der Waals surface area contributed by atoms with Crippen molar-refractivity contribution in [3.8, 4) is 11.1 Å². The van der Waals surface area contributed by atoms with E-state index >= 15 is 0 Å². The second kappa shape index (κ2) is 9.45. The predicted octanol–water partition coefficient (Wildman–Crippen LogP) is 2.78. The number of aliphatic imine (C=N–C) groups is 1. The van der Waals surface area contributed by atoms with E-state index in [1.807, 2.05) is 36.3 Å². The lowest BCUT2D eigenvalue weighted by molar-refractivity contribution is 0.768. The molecular weight excluding hydrogens is 389 g/mol. The molecule has 0 atom stereocenters. The molecule has 2 N–H and O–H groups in total. The first kappa shape index (κ1) is 18.5. The molecular formula is C16H24IN5. The summed E-state index contributed by atoms with van der Waals surface area (Å²) in [6, 6.07) is 8.32. The summed E-state index contributed by atoms with van der Waals surface area (Å²) in [5.41, 5.74) is 3.50. The highest BCUT2D eigenvalue weighted by molar-refractivity contribution is 14.0. The van der Waals surface area contributed by atoms with Crippen LogP contribution < -0.4 is 10.6 Å². The van der Waals surface area contributed by atoms with Crippen LogP contribution in [-0.2, 0) is 13.6 Å². The van der Waals surface area contributed by atoms with E-state index in [4.69, 9.17) is 0 Å². The number of rotatable bonds is 5. The highest BCUT2D eigenvalue weighted by atomic mass is 127. The molecule has 0 fully saturated rings. The molecule has 5 nitrogen and oxygen atoms in total. The third kappa shape index (κ3) is 5.01. The third-order valence-corrected chi connectivity index (χ3v) is 3.13. The van der Waals surface area contributed by atoms with Crippen molar-refractivity contribution in [1.82, 2.24) is 20.4 Å². The average molecular weight is 413 g/mol. The summed E-state index contributed by atoms with van der Waals surface area (Å²) in [7, 11) is 1.93. The molecule has 0 aliphatic rings. The van der Waals surface area contributed by atoms with Gasteiger partial charge in [0.15, 0.2) is 5.96 Å². The molecule has 0 spiro atoms. The van der Waals surface area contributed by atoms with Crippen molar-refractivity contribution in [3.05, 3.63) is 42.2 Å². The number of halogens is 1. The van der Waals surface area contributed by atoms with Gasteiger partial charge in [0, 0.05) is 31.9 Å². The van der Waals surface area contributed by atoms with Gasteiger partial charge in [-0.05, 0) is 25.0 Å². The van der Waals surface area contributed by atoms with Crippen LogP contribution in [0.2, 0.25) is 0 Å².